The molecule has 4 heteroatoms. The predicted molar refractivity (Wildman–Crippen MR) is 85.2 cm³/mol. The van der Waals surface area contributed by atoms with Crippen LogP contribution >= 0.6 is 15.9 Å². The van der Waals surface area contributed by atoms with Crippen molar-refractivity contribution in [1.82, 2.24) is 15.1 Å². The maximum Gasteiger partial charge on any atom is 0.0660 e. The minimum Gasteiger partial charge on any atom is -0.310 e. The molecule has 1 aromatic carbocycles. The number of rotatable bonds is 3. The van der Waals surface area contributed by atoms with Gasteiger partial charge in [0.15, 0.2) is 0 Å². The van der Waals surface area contributed by atoms with Crippen molar-refractivity contribution in [3.63, 3.8) is 0 Å². The summed E-state index contributed by atoms with van der Waals surface area (Å²) in [5.74, 6) is 0. The Kier molecular flexibility index (Phi) is 4.22. The first-order valence-electron chi connectivity index (χ1n) is 7.35. The van der Waals surface area contributed by atoms with Gasteiger partial charge in [0.2, 0.25) is 0 Å². The van der Waals surface area contributed by atoms with Gasteiger partial charge in [-0.05, 0) is 44.0 Å². The maximum atomic E-state index is 4.64. The van der Waals surface area contributed by atoms with Crippen LogP contribution in [0.4, 0.5) is 0 Å². The van der Waals surface area contributed by atoms with E-state index in [1.54, 1.807) is 0 Å². The summed E-state index contributed by atoms with van der Waals surface area (Å²) >= 11 is 3.54. The number of nitrogens with zero attached hydrogens (tertiary/aromatic N) is 2. The number of benzene rings is 1. The first-order chi connectivity index (χ1) is 9.79. The van der Waals surface area contributed by atoms with Crippen LogP contribution in [0, 0.1) is 0 Å². The topological polar surface area (TPSA) is 29.9 Å². The highest BCUT2D eigenvalue weighted by molar-refractivity contribution is 9.10. The van der Waals surface area contributed by atoms with Crippen LogP contribution in [0.2, 0.25) is 0 Å². The lowest BCUT2D eigenvalue weighted by Crippen LogP contribution is -2.20. The van der Waals surface area contributed by atoms with Gasteiger partial charge in [-0.15, -0.1) is 0 Å². The van der Waals surface area contributed by atoms with Crippen molar-refractivity contribution in [3.05, 3.63) is 46.2 Å². The fourth-order valence-corrected chi connectivity index (χ4v) is 3.40. The highest BCUT2D eigenvalue weighted by Gasteiger charge is 2.22. The van der Waals surface area contributed by atoms with E-state index in [1.165, 1.54) is 30.5 Å². The smallest absolute Gasteiger partial charge is 0.0660 e. The number of halogens is 1. The Hall–Kier alpha value is -1.13. The zero-order valence-electron chi connectivity index (χ0n) is 11.8. The van der Waals surface area contributed by atoms with E-state index in [4.69, 9.17) is 0 Å². The number of aromatic nitrogens is 2. The Labute approximate surface area is 128 Å². The van der Waals surface area contributed by atoms with Gasteiger partial charge in [0.1, 0.15) is 0 Å². The summed E-state index contributed by atoms with van der Waals surface area (Å²) < 4.78 is 3.20. The summed E-state index contributed by atoms with van der Waals surface area (Å²) in [5.41, 5.74) is 3.88. The summed E-state index contributed by atoms with van der Waals surface area (Å²) in [7, 11) is 0. The van der Waals surface area contributed by atoms with Gasteiger partial charge in [-0.2, -0.15) is 5.10 Å². The molecule has 1 atom stereocenters. The number of hydrogen-bond acceptors (Lipinski definition) is 2. The van der Waals surface area contributed by atoms with Gasteiger partial charge in [-0.25, -0.2) is 4.68 Å². The van der Waals surface area contributed by atoms with Crippen LogP contribution in [0.5, 0.6) is 0 Å². The molecule has 0 amide bonds. The van der Waals surface area contributed by atoms with Gasteiger partial charge < -0.3 is 5.32 Å². The fourth-order valence-electron chi connectivity index (χ4n) is 3.01. The van der Waals surface area contributed by atoms with Crippen molar-refractivity contribution in [2.75, 3.05) is 6.54 Å². The van der Waals surface area contributed by atoms with Gasteiger partial charge in [0, 0.05) is 21.8 Å². The normalized spacial score (nSPS) is 18.6. The summed E-state index contributed by atoms with van der Waals surface area (Å²) in [5, 5.41) is 8.23. The average molecular weight is 334 g/mol. The summed E-state index contributed by atoms with van der Waals surface area (Å²) in [4.78, 5) is 0. The van der Waals surface area contributed by atoms with Crippen molar-refractivity contribution in [1.29, 1.82) is 0 Å². The first-order valence-corrected chi connectivity index (χ1v) is 8.15. The molecule has 0 aliphatic heterocycles. The van der Waals surface area contributed by atoms with E-state index in [0.717, 1.165) is 23.1 Å². The largest absolute Gasteiger partial charge is 0.310 e. The lowest BCUT2D eigenvalue weighted by Gasteiger charge is -2.15. The molecule has 3 rings (SSSR count). The van der Waals surface area contributed by atoms with E-state index in [1.807, 2.05) is 6.07 Å². The molecule has 1 aliphatic rings. The van der Waals surface area contributed by atoms with E-state index in [2.05, 4.69) is 62.3 Å². The van der Waals surface area contributed by atoms with E-state index in [9.17, 15) is 0 Å². The standard InChI is InChI=1S/C16H20BrN3/c1-2-18-15-8-3-4-9-16-14(15)11-19-20(16)13-7-5-6-12(17)10-13/h5-7,10-11,15,18H,2-4,8-9H2,1H3. The molecular formula is C16H20BrN3. The molecule has 0 fully saturated rings. The molecule has 0 saturated heterocycles. The van der Waals surface area contributed by atoms with Gasteiger partial charge >= 0.3 is 0 Å². The molecule has 0 bridgehead atoms. The van der Waals surface area contributed by atoms with Gasteiger partial charge in [0.05, 0.1) is 11.9 Å². The molecule has 0 spiro atoms. The first kappa shape index (κ1) is 13.8. The highest BCUT2D eigenvalue weighted by Crippen LogP contribution is 2.30. The number of fused-ring (bicyclic) bond motifs is 1. The Morgan fingerprint density at radius 2 is 2.30 bits per heavy atom. The third-order valence-corrected chi connectivity index (χ3v) is 4.43. The van der Waals surface area contributed by atoms with E-state index in [-0.39, 0.29) is 0 Å². The molecule has 1 N–H and O–H groups in total. The molecule has 1 aromatic heterocycles. The summed E-state index contributed by atoms with van der Waals surface area (Å²) in [6, 6.07) is 8.81. The summed E-state index contributed by atoms with van der Waals surface area (Å²) in [6.45, 7) is 3.18. The van der Waals surface area contributed by atoms with Crippen molar-refractivity contribution < 1.29 is 0 Å². The number of hydrogen-bond donors (Lipinski definition) is 1. The Balaban J connectivity index is 2.02. The van der Waals surface area contributed by atoms with E-state index >= 15 is 0 Å². The van der Waals surface area contributed by atoms with Crippen LogP contribution in [0.25, 0.3) is 5.69 Å². The quantitative estimate of drug-likeness (QED) is 0.860. The molecule has 0 radical (unpaired) electrons. The van der Waals surface area contributed by atoms with Crippen LogP contribution in [-0.2, 0) is 6.42 Å². The zero-order valence-corrected chi connectivity index (χ0v) is 13.4. The molecular weight excluding hydrogens is 314 g/mol. The Morgan fingerprint density at radius 1 is 1.40 bits per heavy atom. The molecule has 2 aromatic rings. The van der Waals surface area contributed by atoms with Crippen LogP contribution < -0.4 is 5.32 Å². The lowest BCUT2D eigenvalue weighted by atomic mass is 10.1. The molecule has 0 saturated carbocycles. The van der Waals surface area contributed by atoms with Crippen molar-refractivity contribution in [2.45, 2.75) is 38.6 Å². The van der Waals surface area contributed by atoms with E-state index in [0.29, 0.717) is 6.04 Å². The second-order valence-corrected chi connectivity index (χ2v) is 6.21. The average Bonchev–Trinajstić information content (AvgIpc) is 2.76. The monoisotopic (exact) mass is 333 g/mol. The van der Waals surface area contributed by atoms with Crippen LogP contribution in [0.15, 0.2) is 34.9 Å². The third-order valence-electron chi connectivity index (χ3n) is 3.94. The third kappa shape index (κ3) is 2.67. The van der Waals surface area contributed by atoms with Crippen molar-refractivity contribution in [2.24, 2.45) is 0 Å². The van der Waals surface area contributed by atoms with Crippen LogP contribution in [0.3, 0.4) is 0 Å². The number of nitrogens with one attached hydrogen (secondary N) is 1. The SMILES string of the molecule is CCNC1CCCCc2c1cnn2-c1cccc(Br)c1. The molecule has 106 valence electrons. The minimum atomic E-state index is 0.457. The molecule has 3 nitrogen and oxygen atoms in total. The second kappa shape index (κ2) is 6.10. The second-order valence-electron chi connectivity index (χ2n) is 5.29. The van der Waals surface area contributed by atoms with Gasteiger partial charge in [-0.1, -0.05) is 35.3 Å². The van der Waals surface area contributed by atoms with Crippen molar-refractivity contribution in [3.8, 4) is 5.69 Å². The summed E-state index contributed by atoms with van der Waals surface area (Å²) in [6.07, 6.45) is 6.91. The van der Waals surface area contributed by atoms with Gasteiger partial charge in [-0.3, -0.25) is 0 Å². The van der Waals surface area contributed by atoms with E-state index < -0.39 is 0 Å². The van der Waals surface area contributed by atoms with Gasteiger partial charge in [0.25, 0.3) is 0 Å². The Morgan fingerprint density at radius 3 is 3.10 bits per heavy atom. The van der Waals surface area contributed by atoms with Crippen LogP contribution in [0.1, 0.15) is 43.5 Å². The molecule has 1 aliphatic carbocycles. The molecule has 1 heterocycles. The fraction of sp³-hybridized carbons (Fsp3) is 0.438. The minimum absolute atomic E-state index is 0.457. The van der Waals surface area contributed by atoms with Crippen molar-refractivity contribution >= 4 is 15.9 Å². The lowest BCUT2D eigenvalue weighted by molar-refractivity contribution is 0.503. The highest BCUT2D eigenvalue weighted by atomic mass is 79.9. The maximum absolute atomic E-state index is 4.64. The zero-order chi connectivity index (χ0) is 13.9. The Bertz CT molecular complexity index is 591. The van der Waals surface area contributed by atoms with Crippen LogP contribution in [-0.4, -0.2) is 16.3 Å². The molecule has 1 unspecified atom stereocenters. The predicted octanol–water partition coefficient (Wildman–Crippen LogP) is 4.01. The molecule has 20 heavy (non-hydrogen) atoms.